The monoisotopic (exact) mass is 164 g/mol. The van der Waals surface area contributed by atoms with Crippen molar-refractivity contribution in [2.75, 3.05) is 0 Å². The van der Waals surface area contributed by atoms with Crippen LogP contribution in [0, 0.1) is 6.92 Å². The predicted molar refractivity (Wildman–Crippen MR) is 43.0 cm³/mol. The molecule has 2 rings (SSSR count). The lowest BCUT2D eigenvalue weighted by Crippen LogP contribution is -1.92. The van der Waals surface area contributed by atoms with Gasteiger partial charge in [0.05, 0.1) is 5.69 Å². The fourth-order valence-electron chi connectivity index (χ4n) is 1.25. The number of nitrogens with one attached hydrogen (secondary N) is 1. The van der Waals surface area contributed by atoms with Gasteiger partial charge in [-0.1, -0.05) is 0 Å². The van der Waals surface area contributed by atoms with Crippen molar-refractivity contribution in [3.05, 3.63) is 11.5 Å². The number of aldehydes is 1. The van der Waals surface area contributed by atoms with Gasteiger partial charge in [0.2, 0.25) is 0 Å². The van der Waals surface area contributed by atoms with Crippen LogP contribution in [0.5, 0.6) is 0 Å². The van der Waals surface area contributed by atoms with E-state index in [-0.39, 0.29) is 0 Å². The van der Waals surface area contributed by atoms with E-state index < -0.39 is 0 Å². The molecular formula is C7H8N4O. The molecule has 0 atom stereocenters. The van der Waals surface area contributed by atoms with Crippen molar-refractivity contribution >= 4 is 17.5 Å². The smallest absolute Gasteiger partial charge is 0.185 e. The molecule has 12 heavy (non-hydrogen) atoms. The molecule has 5 nitrogen and oxygen atoms in total. The third kappa shape index (κ3) is 0.761. The normalized spacial score (nSPS) is 10.8. The van der Waals surface area contributed by atoms with Gasteiger partial charge in [-0.05, 0) is 6.92 Å². The van der Waals surface area contributed by atoms with Gasteiger partial charge in [0.25, 0.3) is 0 Å². The van der Waals surface area contributed by atoms with Crippen LogP contribution >= 0.6 is 0 Å². The van der Waals surface area contributed by atoms with E-state index >= 15 is 0 Å². The number of nitrogens with zero attached hydrogens (tertiary/aromatic N) is 3. The minimum Gasteiger partial charge on any atom is -0.333 e. The highest BCUT2D eigenvalue weighted by molar-refractivity contribution is 5.81. The number of H-pyrrole nitrogens is 1. The highest BCUT2D eigenvalue weighted by Crippen LogP contribution is 2.12. The Morgan fingerprint density at radius 2 is 2.33 bits per heavy atom. The van der Waals surface area contributed by atoms with Crippen LogP contribution in [-0.2, 0) is 7.05 Å². The van der Waals surface area contributed by atoms with E-state index in [1.165, 1.54) is 0 Å². The molecule has 0 aliphatic heterocycles. The van der Waals surface area contributed by atoms with E-state index in [0.717, 1.165) is 16.9 Å². The number of aromatic amines is 1. The van der Waals surface area contributed by atoms with Crippen molar-refractivity contribution in [2.24, 2.45) is 7.05 Å². The number of hydrogen-bond acceptors (Lipinski definition) is 3. The van der Waals surface area contributed by atoms with Crippen molar-refractivity contribution in [3.63, 3.8) is 0 Å². The number of carbonyl (C=O) groups is 1. The molecule has 0 radical (unpaired) electrons. The van der Waals surface area contributed by atoms with Gasteiger partial charge in [0.15, 0.2) is 17.8 Å². The zero-order valence-corrected chi connectivity index (χ0v) is 6.83. The van der Waals surface area contributed by atoms with E-state index in [4.69, 9.17) is 0 Å². The quantitative estimate of drug-likeness (QED) is 0.621. The maximum Gasteiger partial charge on any atom is 0.185 e. The first kappa shape index (κ1) is 7.02. The Morgan fingerprint density at radius 1 is 1.58 bits per heavy atom. The van der Waals surface area contributed by atoms with Gasteiger partial charge >= 0.3 is 0 Å². The first-order chi connectivity index (χ1) is 5.72. The second kappa shape index (κ2) is 2.17. The second-order valence-corrected chi connectivity index (χ2v) is 2.65. The van der Waals surface area contributed by atoms with E-state index in [9.17, 15) is 4.79 Å². The Labute approximate surface area is 68.4 Å². The van der Waals surface area contributed by atoms with Gasteiger partial charge in [-0.15, -0.1) is 0 Å². The van der Waals surface area contributed by atoms with Crippen LogP contribution in [0.25, 0.3) is 11.2 Å². The van der Waals surface area contributed by atoms with Gasteiger partial charge in [-0.25, -0.2) is 9.67 Å². The van der Waals surface area contributed by atoms with E-state index in [1.807, 2.05) is 6.92 Å². The summed E-state index contributed by atoms with van der Waals surface area (Å²) in [7, 11) is 1.80. The molecule has 0 aromatic carbocycles. The number of fused-ring (bicyclic) bond motifs is 1. The number of imidazole rings is 1. The average molecular weight is 164 g/mol. The fourth-order valence-corrected chi connectivity index (χ4v) is 1.25. The first-order valence-corrected chi connectivity index (χ1v) is 3.57. The Bertz CT molecular complexity index is 405. The summed E-state index contributed by atoms with van der Waals surface area (Å²) in [4.78, 5) is 17.3. The molecule has 0 unspecified atom stereocenters. The van der Waals surface area contributed by atoms with Crippen LogP contribution in [0.15, 0.2) is 0 Å². The van der Waals surface area contributed by atoms with E-state index in [1.54, 1.807) is 11.7 Å². The first-order valence-electron chi connectivity index (χ1n) is 3.57. The SMILES string of the molecule is Cc1nn(C)c2nc(C=O)[nH]c12. The largest absolute Gasteiger partial charge is 0.333 e. The standard InChI is InChI=1S/C7H8N4O/c1-4-6-7(11(2)10-4)9-5(3-12)8-6/h3H,1-2H3,(H,8,9). The topological polar surface area (TPSA) is 63.6 Å². The number of rotatable bonds is 1. The summed E-state index contributed by atoms with van der Waals surface area (Å²) >= 11 is 0. The summed E-state index contributed by atoms with van der Waals surface area (Å²) in [6, 6.07) is 0. The van der Waals surface area contributed by atoms with Crippen molar-refractivity contribution < 1.29 is 4.79 Å². The van der Waals surface area contributed by atoms with Crippen LogP contribution < -0.4 is 0 Å². The molecule has 0 fully saturated rings. The van der Waals surface area contributed by atoms with Crippen molar-refractivity contribution in [1.29, 1.82) is 0 Å². The molecule has 0 bridgehead atoms. The number of aryl methyl sites for hydroxylation is 2. The molecule has 0 amide bonds. The average Bonchev–Trinajstić information content (AvgIpc) is 2.55. The maximum atomic E-state index is 10.4. The Morgan fingerprint density at radius 3 is 2.92 bits per heavy atom. The van der Waals surface area contributed by atoms with Gasteiger partial charge < -0.3 is 4.98 Å². The molecular weight excluding hydrogens is 156 g/mol. The third-order valence-electron chi connectivity index (χ3n) is 1.78. The molecule has 2 heterocycles. The van der Waals surface area contributed by atoms with Gasteiger partial charge in [-0.2, -0.15) is 5.10 Å². The predicted octanol–water partition coefficient (Wildman–Crippen LogP) is 0.417. The number of hydrogen-bond donors (Lipinski definition) is 1. The summed E-state index contributed by atoms with van der Waals surface area (Å²) in [5.74, 6) is 0.348. The zero-order valence-electron chi connectivity index (χ0n) is 6.83. The fraction of sp³-hybridized carbons (Fsp3) is 0.286. The summed E-state index contributed by atoms with van der Waals surface area (Å²) in [5, 5.41) is 4.13. The van der Waals surface area contributed by atoms with Gasteiger partial charge in [0, 0.05) is 7.05 Å². The molecule has 0 aliphatic carbocycles. The molecule has 62 valence electrons. The molecule has 0 saturated heterocycles. The van der Waals surface area contributed by atoms with Crippen LogP contribution in [0.4, 0.5) is 0 Å². The van der Waals surface area contributed by atoms with Crippen LogP contribution in [0.3, 0.4) is 0 Å². The lowest BCUT2D eigenvalue weighted by molar-refractivity contribution is 0.111. The lowest BCUT2D eigenvalue weighted by Gasteiger charge is -1.84. The van der Waals surface area contributed by atoms with Crippen LogP contribution in [-0.4, -0.2) is 26.0 Å². The van der Waals surface area contributed by atoms with Crippen LogP contribution in [0.2, 0.25) is 0 Å². The molecule has 0 saturated carbocycles. The minimum atomic E-state index is 0.348. The highest BCUT2D eigenvalue weighted by atomic mass is 16.1. The van der Waals surface area contributed by atoms with Gasteiger partial charge in [-0.3, -0.25) is 4.79 Å². The Hall–Kier alpha value is -1.65. The highest BCUT2D eigenvalue weighted by Gasteiger charge is 2.09. The third-order valence-corrected chi connectivity index (χ3v) is 1.78. The summed E-state index contributed by atoms with van der Waals surface area (Å²) in [6.45, 7) is 1.87. The van der Waals surface area contributed by atoms with Crippen molar-refractivity contribution in [1.82, 2.24) is 19.7 Å². The molecule has 0 spiro atoms. The molecule has 2 aromatic heterocycles. The minimum absolute atomic E-state index is 0.348. The summed E-state index contributed by atoms with van der Waals surface area (Å²) in [5.41, 5.74) is 2.40. The lowest BCUT2D eigenvalue weighted by atomic mass is 10.4. The van der Waals surface area contributed by atoms with Crippen LogP contribution in [0.1, 0.15) is 16.3 Å². The van der Waals surface area contributed by atoms with Crippen molar-refractivity contribution in [3.8, 4) is 0 Å². The zero-order chi connectivity index (χ0) is 8.72. The molecule has 1 N–H and O–H groups in total. The number of carbonyl (C=O) groups excluding carboxylic acids is 1. The Kier molecular flexibility index (Phi) is 1.27. The summed E-state index contributed by atoms with van der Waals surface area (Å²) < 4.78 is 1.65. The maximum absolute atomic E-state index is 10.4. The van der Waals surface area contributed by atoms with E-state index in [2.05, 4.69) is 15.1 Å². The molecule has 2 aromatic rings. The molecule has 5 heteroatoms. The van der Waals surface area contributed by atoms with Gasteiger partial charge in [0.1, 0.15) is 5.52 Å². The molecule has 0 aliphatic rings. The van der Waals surface area contributed by atoms with Crippen molar-refractivity contribution in [2.45, 2.75) is 6.92 Å². The Balaban J connectivity index is 2.83. The van der Waals surface area contributed by atoms with E-state index in [0.29, 0.717) is 12.1 Å². The summed E-state index contributed by atoms with van der Waals surface area (Å²) in [6.07, 6.45) is 0.694. The number of aromatic nitrogens is 4. The second-order valence-electron chi connectivity index (χ2n) is 2.65.